The van der Waals surface area contributed by atoms with Crippen molar-refractivity contribution >= 4 is 18.0 Å². The lowest BCUT2D eigenvalue weighted by molar-refractivity contribution is -0.151. The number of ether oxygens (including phenoxy) is 1. The van der Waals surface area contributed by atoms with Crippen LogP contribution >= 0.6 is 0 Å². The predicted octanol–water partition coefficient (Wildman–Crippen LogP) is 2.83. The fraction of sp³-hybridized carbons (Fsp3) is 0.471. The number of Topliss-reactive ketones (excluding diaryl/α,β-unsaturated/α-hetero) is 1. The summed E-state index contributed by atoms with van der Waals surface area (Å²) >= 11 is 0. The van der Waals surface area contributed by atoms with Crippen LogP contribution in [0.2, 0.25) is 0 Å². The number of benzene rings is 1. The molecular weight excluding hydrogens is 268 g/mol. The molecule has 4 nitrogen and oxygen atoms in total. The van der Waals surface area contributed by atoms with Gasteiger partial charge in [0, 0.05) is 12.8 Å². The van der Waals surface area contributed by atoms with Crippen molar-refractivity contribution in [2.75, 3.05) is 6.61 Å². The second kappa shape index (κ2) is 8.35. The van der Waals surface area contributed by atoms with Gasteiger partial charge in [0.1, 0.15) is 18.0 Å². The molecule has 0 aliphatic rings. The zero-order valence-corrected chi connectivity index (χ0v) is 12.8. The van der Waals surface area contributed by atoms with E-state index < -0.39 is 11.9 Å². The van der Waals surface area contributed by atoms with Crippen molar-refractivity contribution < 1.29 is 19.1 Å². The number of aryl methyl sites for hydroxylation is 1. The Balaban J connectivity index is 2.57. The first-order chi connectivity index (χ1) is 9.97. The van der Waals surface area contributed by atoms with Crippen LogP contribution in [-0.2, 0) is 19.1 Å². The summed E-state index contributed by atoms with van der Waals surface area (Å²) < 4.78 is 4.78. The van der Waals surface area contributed by atoms with Crippen LogP contribution in [-0.4, -0.2) is 24.6 Å². The van der Waals surface area contributed by atoms with E-state index in [2.05, 4.69) is 0 Å². The Morgan fingerprint density at radius 1 is 1.19 bits per heavy atom. The van der Waals surface area contributed by atoms with Crippen LogP contribution in [0.25, 0.3) is 0 Å². The zero-order valence-electron chi connectivity index (χ0n) is 12.8. The van der Waals surface area contributed by atoms with Crippen molar-refractivity contribution in [1.29, 1.82) is 0 Å². The van der Waals surface area contributed by atoms with E-state index in [1.54, 1.807) is 6.92 Å². The molecule has 0 spiro atoms. The summed E-state index contributed by atoms with van der Waals surface area (Å²) in [4.78, 5) is 34.4. The van der Waals surface area contributed by atoms with Crippen molar-refractivity contribution in [2.24, 2.45) is 5.92 Å². The molecule has 114 valence electrons. The van der Waals surface area contributed by atoms with Gasteiger partial charge in [-0.15, -0.1) is 0 Å². The largest absolute Gasteiger partial charge is 0.465 e. The highest BCUT2D eigenvalue weighted by Gasteiger charge is 2.23. The molecule has 0 aliphatic carbocycles. The summed E-state index contributed by atoms with van der Waals surface area (Å²) in [5.74, 6) is -1.65. The fourth-order valence-electron chi connectivity index (χ4n) is 2.12. The van der Waals surface area contributed by atoms with Crippen molar-refractivity contribution in [1.82, 2.24) is 0 Å². The third-order valence-corrected chi connectivity index (χ3v) is 3.38. The SMILES string of the molecule is CCOC(=O)C(C=O)CC(=O)CC(C)c1ccc(C)cc1. The first kappa shape index (κ1) is 17.1. The van der Waals surface area contributed by atoms with Gasteiger partial charge in [-0.05, 0) is 25.3 Å². The summed E-state index contributed by atoms with van der Waals surface area (Å²) in [6, 6.07) is 8.00. The molecule has 0 aromatic heterocycles. The number of ketones is 1. The Bertz CT molecular complexity index is 490. The molecule has 0 amide bonds. The van der Waals surface area contributed by atoms with E-state index in [1.165, 1.54) is 5.56 Å². The van der Waals surface area contributed by atoms with E-state index in [4.69, 9.17) is 4.74 Å². The standard InChI is InChI=1S/C17H22O4/c1-4-21-17(20)15(11-18)10-16(19)9-13(3)14-7-5-12(2)6-8-14/h5-8,11,13,15H,4,9-10H2,1-3H3. The average molecular weight is 290 g/mol. The first-order valence-corrected chi connectivity index (χ1v) is 7.18. The molecule has 0 N–H and O–H groups in total. The molecule has 0 radical (unpaired) electrons. The molecule has 21 heavy (non-hydrogen) atoms. The minimum atomic E-state index is -0.984. The second-order valence-electron chi connectivity index (χ2n) is 5.25. The van der Waals surface area contributed by atoms with Gasteiger partial charge in [0.25, 0.3) is 0 Å². The maximum atomic E-state index is 12.0. The van der Waals surface area contributed by atoms with E-state index >= 15 is 0 Å². The summed E-state index contributed by atoms with van der Waals surface area (Å²) in [7, 11) is 0. The van der Waals surface area contributed by atoms with Crippen molar-refractivity contribution in [3.8, 4) is 0 Å². The molecular formula is C17H22O4. The molecule has 2 atom stereocenters. The Morgan fingerprint density at radius 3 is 2.33 bits per heavy atom. The summed E-state index contributed by atoms with van der Waals surface area (Å²) in [5, 5.41) is 0. The van der Waals surface area contributed by atoms with Gasteiger partial charge in [0.15, 0.2) is 0 Å². The van der Waals surface area contributed by atoms with Gasteiger partial charge in [-0.1, -0.05) is 36.8 Å². The molecule has 0 saturated carbocycles. The highest BCUT2D eigenvalue weighted by atomic mass is 16.5. The number of hydrogen-bond donors (Lipinski definition) is 0. The van der Waals surface area contributed by atoms with Crippen LogP contribution in [0.3, 0.4) is 0 Å². The number of carbonyl (C=O) groups is 3. The average Bonchev–Trinajstić information content (AvgIpc) is 2.45. The van der Waals surface area contributed by atoms with Gasteiger partial charge in [-0.25, -0.2) is 0 Å². The predicted molar refractivity (Wildman–Crippen MR) is 80.0 cm³/mol. The highest BCUT2D eigenvalue weighted by molar-refractivity contribution is 5.94. The van der Waals surface area contributed by atoms with Crippen LogP contribution in [0.5, 0.6) is 0 Å². The number of carbonyl (C=O) groups excluding carboxylic acids is 3. The smallest absolute Gasteiger partial charge is 0.316 e. The molecule has 0 fully saturated rings. The van der Waals surface area contributed by atoms with Gasteiger partial charge >= 0.3 is 5.97 Å². The molecule has 0 saturated heterocycles. The first-order valence-electron chi connectivity index (χ1n) is 7.18. The quantitative estimate of drug-likeness (QED) is 0.419. The Kier molecular flexibility index (Phi) is 6.79. The molecule has 0 bridgehead atoms. The zero-order chi connectivity index (χ0) is 15.8. The van der Waals surface area contributed by atoms with Gasteiger partial charge in [0.2, 0.25) is 0 Å². The number of rotatable bonds is 8. The molecule has 1 rings (SSSR count). The summed E-state index contributed by atoms with van der Waals surface area (Å²) in [6.45, 7) is 5.84. The maximum Gasteiger partial charge on any atom is 0.316 e. The number of hydrogen-bond acceptors (Lipinski definition) is 4. The van der Waals surface area contributed by atoms with Crippen LogP contribution in [0.1, 0.15) is 43.7 Å². The van der Waals surface area contributed by atoms with Crippen molar-refractivity contribution in [3.05, 3.63) is 35.4 Å². The Morgan fingerprint density at radius 2 is 1.81 bits per heavy atom. The monoisotopic (exact) mass is 290 g/mol. The molecule has 4 heteroatoms. The van der Waals surface area contributed by atoms with Crippen molar-refractivity contribution in [2.45, 2.75) is 39.5 Å². The van der Waals surface area contributed by atoms with Crippen LogP contribution in [0.15, 0.2) is 24.3 Å². The molecule has 1 aromatic rings. The van der Waals surface area contributed by atoms with Crippen molar-refractivity contribution in [3.63, 3.8) is 0 Å². The van der Waals surface area contributed by atoms with E-state index in [0.29, 0.717) is 12.7 Å². The third kappa shape index (κ3) is 5.50. The molecule has 0 heterocycles. The minimum absolute atomic E-state index is 0.0626. The van der Waals surface area contributed by atoms with E-state index in [9.17, 15) is 14.4 Å². The summed E-state index contributed by atoms with van der Waals surface area (Å²) in [5.41, 5.74) is 2.24. The van der Waals surface area contributed by atoms with Gasteiger partial charge in [0.05, 0.1) is 6.61 Å². The topological polar surface area (TPSA) is 60.4 Å². The summed E-state index contributed by atoms with van der Waals surface area (Å²) in [6.07, 6.45) is 0.720. The lowest BCUT2D eigenvalue weighted by atomic mass is 9.92. The van der Waals surface area contributed by atoms with Gasteiger partial charge < -0.3 is 9.53 Å². The minimum Gasteiger partial charge on any atom is -0.465 e. The lowest BCUT2D eigenvalue weighted by Gasteiger charge is -2.13. The third-order valence-electron chi connectivity index (χ3n) is 3.38. The number of esters is 1. The second-order valence-corrected chi connectivity index (χ2v) is 5.25. The van der Waals surface area contributed by atoms with E-state index in [0.717, 1.165) is 5.56 Å². The van der Waals surface area contributed by atoms with Gasteiger partial charge in [-0.2, -0.15) is 0 Å². The maximum absolute atomic E-state index is 12.0. The van der Waals surface area contributed by atoms with E-state index in [-0.39, 0.29) is 24.7 Å². The normalized spacial score (nSPS) is 13.3. The fourth-order valence-corrected chi connectivity index (χ4v) is 2.12. The van der Waals surface area contributed by atoms with Gasteiger partial charge in [-0.3, -0.25) is 9.59 Å². The van der Waals surface area contributed by atoms with Crippen LogP contribution in [0, 0.1) is 12.8 Å². The molecule has 2 unspecified atom stereocenters. The highest BCUT2D eigenvalue weighted by Crippen LogP contribution is 2.21. The Labute approximate surface area is 125 Å². The number of aldehydes is 1. The lowest BCUT2D eigenvalue weighted by Crippen LogP contribution is -2.22. The Hall–Kier alpha value is -1.97. The molecule has 1 aromatic carbocycles. The van der Waals surface area contributed by atoms with E-state index in [1.807, 2.05) is 38.1 Å². The molecule has 0 aliphatic heterocycles. The van der Waals surface area contributed by atoms with Crippen LogP contribution in [0.4, 0.5) is 0 Å². The van der Waals surface area contributed by atoms with Crippen LogP contribution < -0.4 is 0 Å².